The highest BCUT2D eigenvalue weighted by molar-refractivity contribution is 7.15. The Balaban J connectivity index is 1.86. The molecule has 0 amide bonds. The normalized spacial score (nSPS) is 17.5. The number of nitrogens with zero attached hydrogens (tertiary/aromatic N) is 2. The summed E-state index contributed by atoms with van der Waals surface area (Å²) in [5.41, 5.74) is 0.804. The molecule has 21 heavy (non-hydrogen) atoms. The molecule has 6 heteroatoms. The summed E-state index contributed by atoms with van der Waals surface area (Å²) in [6.07, 6.45) is 2.62. The lowest BCUT2D eigenvalue weighted by Crippen LogP contribution is -2.22. The van der Waals surface area contributed by atoms with Gasteiger partial charge in [-0.05, 0) is 37.6 Å². The Labute approximate surface area is 132 Å². The number of anilines is 1. The van der Waals surface area contributed by atoms with Crippen molar-refractivity contribution in [3.63, 3.8) is 0 Å². The maximum atomic E-state index is 11.4. The van der Waals surface area contributed by atoms with Crippen LogP contribution in [0.25, 0.3) is 0 Å². The Morgan fingerprint density at radius 1 is 1.57 bits per heavy atom. The number of thiazole rings is 1. The van der Waals surface area contributed by atoms with E-state index < -0.39 is 11.9 Å². The van der Waals surface area contributed by atoms with Gasteiger partial charge in [-0.2, -0.15) is 0 Å². The summed E-state index contributed by atoms with van der Waals surface area (Å²) in [4.78, 5) is 20.7. The number of fused-ring (bicyclic) bond motifs is 1. The number of carboxylic acid groups (broad SMARTS) is 1. The third-order valence-corrected chi connectivity index (χ3v) is 5.87. The number of aliphatic carboxylic acids is 1. The molecule has 0 bridgehead atoms. The minimum absolute atomic E-state index is 0.417. The number of carboxylic acids is 1. The first-order valence-electron chi connectivity index (χ1n) is 7.18. The van der Waals surface area contributed by atoms with E-state index in [1.165, 1.54) is 4.88 Å². The smallest absolute Gasteiger partial charge is 0.312 e. The van der Waals surface area contributed by atoms with E-state index >= 15 is 0 Å². The van der Waals surface area contributed by atoms with Crippen LogP contribution in [0.4, 0.5) is 5.13 Å². The second-order valence-electron chi connectivity index (χ2n) is 5.18. The summed E-state index contributed by atoms with van der Waals surface area (Å²) in [6.45, 7) is 3.84. The number of thiophene rings is 1. The van der Waals surface area contributed by atoms with E-state index in [0.717, 1.165) is 41.6 Å². The second-order valence-corrected chi connectivity index (χ2v) is 7.28. The molecule has 1 N–H and O–H groups in total. The molecule has 1 unspecified atom stereocenters. The molecule has 0 saturated carbocycles. The van der Waals surface area contributed by atoms with Crippen LogP contribution in [0, 0.1) is 0 Å². The van der Waals surface area contributed by atoms with Gasteiger partial charge in [0.15, 0.2) is 5.13 Å². The van der Waals surface area contributed by atoms with Crippen LogP contribution in [-0.4, -0.2) is 22.6 Å². The largest absolute Gasteiger partial charge is 0.481 e. The highest BCUT2D eigenvalue weighted by Gasteiger charge is 2.30. The monoisotopic (exact) mass is 322 g/mol. The van der Waals surface area contributed by atoms with Crippen molar-refractivity contribution in [1.29, 1.82) is 0 Å². The lowest BCUT2D eigenvalue weighted by atomic mass is 9.91. The molecule has 3 rings (SSSR count). The van der Waals surface area contributed by atoms with Crippen LogP contribution < -0.4 is 4.90 Å². The van der Waals surface area contributed by atoms with Gasteiger partial charge in [-0.15, -0.1) is 22.7 Å². The Morgan fingerprint density at radius 3 is 3.10 bits per heavy atom. The molecule has 0 spiro atoms. The predicted molar refractivity (Wildman–Crippen MR) is 86.5 cm³/mol. The van der Waals surface area contributed by atoms with Crippen molar-refractivity contribution >= 4 is 33.8 Å². The van der Waals surface area contributed by atoms with E-state index in [1.54, 1.807) is 22.7 Å². The molecule has 1 aliphatic rings. The third kappa shape index (κ3) is 2.96. The topological polar surface area (TPSA) is 53.4 Å². The summed E-state index contributed by atoms with van der Waals surface area (Å²) in [5, 5.41) is 12.4. The molecule has 4 nitrogen and oxygen atoms in total. The molecule has 2 heterocycles. The fraction of sp³-hybridized carbons (Fsp3) is 0.467. The molecule has 0 aromatic carbocycles. The van der Waals surface area contributed by atoms with Gasteiger partial charge in [0.05, 0.1) is 12.2 Å². The van der Waals surface area contributed by atoms with E-state index in [-0.39, 0.29) is 0 Å². The van der Waals surface area contributed by atoms with Crippen LogP contribution in [0.3, 0.4) is 0 Å². The van der Waals surface area contributed by atoms with Gasteiger partial charge in [-0.3, -0.25) is 4.79 Å². The van der Waals surface area contributed by atoms with Gasteiger partial charge < -0.3 is 10.0 Å². The zero-order valence-electron chi connectivity index (χ0n) is 11.9. The summed E-state index contributed by atoms with van der Waals surface area (Å²) < 4.78 is 0. The standard InChI is InChI=1S/C15H18N2O2S2/c1-2-17(9-10-5-4-8-20-10)15-16-13-11(14(18)19)6-3-7-12(13)21-15/h4-5,8,11H,2-3,6-7,9H2,1H3,(H,18,19). The maximum Gasteiger partial charge on any atom is 0.312 e. The van der Waals surface area contributed by atoms with E-state index in [0.29, 0.717) is 6.42 Å². The van der Waals surface area contributed by atoms with Crippen molar-refractivity contribution in [1.82, 2.24) is 4.98 Å². The van der Waals surface area contributed by atoms with Crippen LogP contribution in [0.5, 0.6) is 0 Å². The molecule has 0 fully saturated rings. The highest BCUT2D eigenvalue weighted by Crippen LogP contribution is 2.38. The molecule has 0 saturated heterocycles. The molecule has 2 aromatic rings. The van der Waals surface area contributed by atoms with Gasteiger partial charge in [0.1, 0.15) is 5.92 Å². The van der Waals surface area contributed by atoms with Crippen molar-refractivity contribution in [3.05, 3.63) is 33.0 Å². The number of carbonyl (C=O) groups is 1. The molecular formula is C15H18N2O2S2. The maximum absolute atomic E-state index is 11.4. The van der Waals surface area contributed by atoms with Gasteiger partial charge in [-0.1, -0.05) is 6.07 Å². The van der Waals surface area contributed by atoms with Crippen LogP contribution in [0.2, 0.25) is 0 Å². The SMILES string of the molecule is CCN(Cc1cccs1)c1nc2c(s1)CCCC2C(=O)O. The van der Waals surface area contributed by atoms with Crippen molar-refractivity contribution < 1.29 is 9.90 Å². The van der Waals surface area contributed by atoms with Gasteiger partial charge in [0, 0.05) is 16.3 Å². The Hall–Kier alpha value is -1.40. The molecule has 1 atom stereocenters. The number of rotatable bonds is 5. The van der Waals surface area contributed by atoms with Crippen LogP contribution in [0.1, 0.15) is 41.1 Å². The fourth-order valence-electron chi connectivity index (χ4n) is 2.69. The quantitative estimate of drug-likeness (QED) is 0.911. The molecule has 112 valence electrons. The molecular weight excluding hydrogens is 304 g/mol. The van der Waals surface area contributed by atoms with E-state index in [1.807, 2.05) is 0 Å². The number of aromatic nitrogens is 1. The zero-order chi connectivity index (χ0) is 14.8. The van der Waals surface area contributed by atoms with Gasteiger partial charge in [0.2, 0.25) is 0 Å². The van der Waals surface area contributed by atoms with Crippen molar-refractivity contribution in [2.75, 3.05) is 11.4 Å². The van der Waals surface area contributed by atoms with E-state index in [2.05, 4.69) is 34.3 Å². The molecule has 0 radical (unpaired) electrons. The Morgan fingerprint density at radius 2 is 2.43 bits per heavy atom. The van der Waals surface area contributed by atoms with Gasteiger partial charge in [0.25, 0.3) is 0 Å². The number of hydrogen-bond acceptors (Lipinski definition) is 5. The summed E-state index contributed by atoms with van der Waals surface area (Å²) >= 11 is 3.41. The van der Waals surface area contributed by atoms with Crippen LogP contribution in [-0.2, 0) is 17.8 Å². The van der Waals surface area contributed by atoms with Crippen molar-refractivity contribution in [3.8, 4) is 0 Å². The summed E-state index contributed by atoms with van der Waals surface area (Å²) in [6, 6.07) is 4.18. The molecule has 2 aromatic heterocycles. The average molecular weight is 322 g/mol. The van der Waals surface area contributed by atoms with Gasteiger partial charge in [-0.25, -0.2) is 4.98 Å². The average Bonchev–Trinajstić information content (AvgIpc) is 3.12. The minimum Gasteiger partial charge on any atom is -0.481 e. The van der Waals surface area contributed by atoms with E-state index in [9.17, 15) is 9.90 Å². The lowest BCUT2D eigenvalue weighted by Gasteiger charge is -2.18. The first kappa shape index (κ1) is 14.5. The second kappa shape index (κ2) is 6.15. The minimum atomic E-state index is -0.742. The third-order valence-electron chi connectivity index (χ3n) is 3.82. The first-order chi connectivity index (χ1) is 10.2. The summed E-state index contributed by atoms with van der Waals surface area (Å²) in [7, 11) is 0. The number of aryl methyl sites for hydroxylation is 1. The predicted octanol–water partition coefficient (Wildman–Crippen LogP) is 3.74. The molecule has 1 aliphatic carbocycles. The van der Waals surface area contributed by atoms with E-state index in [4.69, 9.17) is 0 Å². The first-order valence-corrected chi connectivity index (χ1v) is 8.88. The van der Waals surface area contributed by atoms with Gasteiger partial charge >= 0.3 is 5.97 Å². The lowest BCUT2D eigenvalue weighted by molar-refractivity contribution is -0.139. The highest BCUT2D eigenvalue weighted by atomic mass is 32.1. The fourth-order valence-corrected chi connectivity index (χ4v) is 4.63. The summed E-state index contributed by atoms with van der Waals surface area (Å²) in [5.74, 6) is -1.16. The van der Waals surface area contributed by atoms with Crippen molar-refractivity contribution in [2.24, 2.45) is 0 Å². The van der Waals surface area contributed by atoms with Crippen LogP contribution in [0.15, 0.2) is 17.5 Å². The molecule has 0 aliphatic heterocycles. The Kier molecular flexibility index (Phi) is 4.26. The zero-order valence-corrected chi connectivity index (χ0v) is 13.5. The Bertz CT molecular complexity index is 622. The number of hydrogen-bond donors (Lipinski definition) is 1. The van der Waals surface area contributed by atoms with Crippen LogP contribution >= 0.6 is 22.7 Å². The van der Waals surface area contributed by atoms with Crippen molar-refractivity contribution in [2.45, 2.75) is 38.6 Å².